The molecule has 0 aliphatic carbocycles. The van der Waals surface area contributed by atoms with Gasteiger partial charge in [0.1, 0.15) is 0 Å². The molecule has 0 aliphatic rings. The molecular formula is C13H30N2O2. The normalized spacial score (nSPS) is 15.2. The van der Waals surface area contributed by atoms with Crippen LogP contribution in [0.25, 0.3) is 0 Å². The van der Waals surface area contributed by atoms with Crippen LogP contribution in [0.4, 0.5) is 0 Å². The van der Waals surface area contributed by atoms with Gasteiger partial charge in [-0.3, -0.25) is 4.90 Å². The zero-order chi connectivity index (χ0) is 13.1. The first-order valence-electron chi connectivity index (χ1n) is 6.61. The van der Waals surface area contributed by atoms with Gasteiger partial charge in [-0.05, 0) is 26.8 Å². The molecule has 2 unspecified atom stereocenters. The quantitative estimate of drug-likeness (QED) is 0.597. The lowest BCUT2D eigenvalue weighted by Crippen LogP contribution is -2.41. The van der Waals surface area contributed by atoms with Crippen molar-refractivity contribution in [1.82, 2.24) is 10.2 Å². The van der Waals surface area contributed by atoms with Crippen LogP contribution >= 0.6 is 0 Å². The highest BCUT2D eigenvalue weighted by Gasteiger charge is 2.14. The predicted molar refractivity (Wildman–Crippen MR) is 72.5 cm³/mol. The Morgan fingerprint density at radius 3 is 2.35 bits per heavy atom. The zero-order valence-electron chi connectivity index (χ0n) is 12.2. The summed E-state index contributed by atoms with van der Waals surface area (Å²) in [4.78, 5) is 2.43. The van der Waals surface area contributed by atoms with E-state index in [0.29, 0.717) is 12.1 Å². The maximum Gasteiger partial charge on any atom is 0.0615 e. The van der Waals surface area contributed by atoms with Crippen LogP contribution in [0.2, 0.25) is 0 Å². The monoisotopic (exact) mass is 246 g/mol. The van der Waals surface area contributed by atoms with Crippen LogP contribution in [0.1, 0.15) is 27.2 Å². The van der Waals surface area contributed by atoms with Crippen molar-refractivity contribution in [3.63, 3.8) is 0 Å². The second kappa shape index (κ2) is 11.0. The number of nitrogens with one attached hydrogen (secondary N) is 1. The van der Waals surface area contributed by atoms with Gasteiger partial charge in [0.2, 0.25) is 0 Å². The van der Waals surface area contributed by atoms with E-state index in [1.165, 1.54) is 0 Å². The Hall–Kier alpha value is -0.160. The first kappa shape index (κ1) is 16.8. The summed E-state index contributed by atoms with van der Waals surface area (Å²) < 4.78 is 10.4. The highest BCUT2D eigenvalue weighted by molar-refractivity contribution is 4.70. The Kier molecular flexibility index (Phi) is 10.9. The van der Waals surface area contributed by atoms with Crippen molar-refractivity contribution < 1.29 is 9.47 Å². The van der Waals surface area contributed by atoms with E-state index in [1.54, 1.807) is 14.2 Å². The molecule has 0 aromatic carbocycles. The molecule has 0 spiro atoms. The molecule has 0 heterocycles. The maximum absolute atomic E-state index is 5.22. The van der Waals surface area contributed by atoms with Crippen LogP contribution in [0.15, 0.2) is 0 Å². The lowest BCUT2D eigenvalue weighted by Gasteiger charge is -2.29. The number of ether oxygens (including phenoxy) is 2. The largest absolute Gasteiger partial charge is 0.383 e. The van der Waals surface area contributed by atoms with E-state index in [0.717, 1.165) is 39.3 Å². The summed E-state index contributed by atoms with van der Waals surface area (Å²) in [6.45, 7) is 11.2. The third-order valence-corrected chi connectivity index (χ3v) is 3.02. The van der Waals surface area contributed by atoms with E-state index in [1.807, 2.05) is 0 Å². The molecule has 0 fully saturated rings. The second-order valence-corrected chi connectivity index (χ2v) is 4.58. The molecule has 0 aromatic heterocycles. The number of rotatable bonds is 11. The summed E-state index contributed by atoms with van der Waals surface area (Å²) in [6, 6.07) is 1.02. The Labute approximate surface area is 107 Å². The van der Waals surface area contributed by atoms with Crippen LogP contribution in [0.5, 0.6) is 0 Å². The van der Waals surface area contributed by atoms with E-state index < -0.39 is 0 Å². The minimum absolute atomic E-state index is 0.448. The number of nitrogens with zero attached hydrogens (tertiary/aromatic N) is 1. The van der Waals surface area contributed by atoms with Crippen LogP contribution in [0.3, 0.4) is 0 Å². The van der Waals surface area contributed by atoms with E-state index in [4.69, 9.17) is 9.47 Å². The standard InChI is InChI=1S/C13H30N2O2/c1-6-14-12(2)7-8-15(9-10-16-4)13(3)11-17-5/h12-14H,6-11H2,1-5H3. The molecular weight excluding hydrogens is 216 g/mol. The summed E-state index contributed by atoms with van der Waals surface area (Å²) in [7, 11) is 3.51. The van der Waals surface area contributed by atoms with Crippen LogP contribution in [0, 0.1) is 0 Å². The van der Waals surface area contributed by atoms with Gasteiger partial charge in [-0.1, -0.05) is 6.92 Å². The molecule has 104 valence electrons. The fourth-order valence-corrected chi connectivity index (χ4v) is 1.92. The molecule has 4 heteroatoms. The van der Waals surface area contributed by atoms with Crippen LogP contribution < -0.4 is 5.32 Å². The molecule has 0 aliphatic heterocycles. The van der Waals surface area contributed by atoms with Gasteiger partial charge in [0.25, 0.3) is 0 Å². The fraction of sp³-hybridized carbons (Fsp3) is 1.00. The Bertz CT molecular complexity index is 167. The van der Waals surface area contributed by atoms with Crippen molar-refractivity contribution in [2.24, 2.45) is 0 Å². The summed E-state index contributed by atoms with van der Waals surface area (Å²) in [5, 5.41) is 3.44. The molecule has 0 saturated carbocycles. The third kappa shape index (κ3) is 8.55. The van der Waals surface area contributed by atoms with Gasteiger partial charge >= 0.3 is 0 Å². The molecule has 0 bridgehead atoms. The summed E-state index contributed by atoms with van der Waals surface area (Å²) in [5.74, 6) is 0. The summed E-state index contributed by atoms with van der Waals surface area (Å²) >= 11 is 0. The lowest BCUT2D eigenvalue weighted by molar-refractivity contribution is 0.0729. The Balaban J connectivity index is 3.99. The van der Waals surface area contributed by atoms with Crippen molar-refractivity contribution in [3.8, 4) is 0 Å². The van der Waals surface area contributed by atoms with Gasteiger partial charge in [-0.15, -0.1) is 0 Å². The summed E-state index contributed by atoms with van der Waals surface area (Å²) in [6.07, 6.45) is 1.16. The maximum atomic E-state index is 5.22. The average Bonchev–Trinajstić information content (AvgIpc) is 2.29. The highest BCUT2D eigenvalue weighted by atomic mass is 16.5. The number of hydrogen-bond acceptors (Lipinski definition) is 4. The average molecular weight is 246 g/mol. The van der Waals surface area contributed by atoms with Crippen molar-refractivity contribution in [3.05, 3.63) is 0 Å². The molecule has 0 radical (unpaired) electrons. The minimum atomic E-state index is 0.448. The number of methoxy groups -OCH3 is 2. The van der Waals surface area contributed by atoms with Gasteiger partial charge < -0.3 is 14.8 Å². The molecule has 0 amide bonds. The van der Waals surface area contributed by atoms with Crippen molar-refractivity contribution >= 4 is 0 Å². The third-order valence-electron chi connectivity index (χ3n) is 3.02. The fourth-order valence-electron chi connectivity index (χ4n) is 1.92. The highest BCUT2D eigenvalue weighted by Crippen LogP contribution is 2.03. The zero-order valence-corrected chi connectivity index (χ0v) is 12.2. The number of hydrogen-bond donors (Lipinski definition) is 1. The van der Waals surface area contributed by atoms with E-state index in [2.05, 4.69) is 31.0 Å². The predicted octanol–water partition coefficient (Wildman–Crippen LogP) is 1.36. The first-order chi connectivity index (χ1) is 8.15. The molecule has 0 aromatic rings. The van der Waals surface area contributed by atoms with Gasteiger partial charge in [0.15, 0.2) is 0 Å². The van der Waals surface area contributed by atoms with E-state index in [-0.39, 0.29) is 0 Å². The molecule has 4 nitrogen and oxygen atoms in total. The molecule has 0 saturated heterocycles. The van der Waals surface area contributed by atoms with Gasteiger partial charge in [0, 0.05) is 39.4 Å². The first-order valence-corrected chi connectivity index (χ1v) is 6.61. The SMILES string of the molecule is CCNC(C)CCN(CCOC)C(C)COC. The van der Waals surface area contributed by atoms with Crippen LogP contribution in [-0.2, 0) is 9.47 Å². The Morgan fingerprint density at radius 2 is 1.82 bits per heavy atom. The Morgan fingerprint density at radius 1 is 1.12 bits per heavy atom. The topological polar surface area (TPSA) is 33.7 Å². The van der Waals surface area contributed by atoms with Crippen molar-refractivity contribution in [2.75, 3.05) is 47.1 Å². The molecule has 1 N–H and O–H groups in total. The van der Waals surface area contributed by atoms with Gasteiger partial charge in [-0.25, -0.2) is 0 Å². The lowest BCUT2D eigenvalue weighted by atomic mass is 10.2. The van der Waals surface area contributed by atoms with Gasteiger partial charge in [-0.2, -0.15) is 0 Å². The van der Waals surface area contributed by atoms with E-state index in [9.17, 15) is 0 Å². The van der Waals surface area contributed by atoms with Crippen molar-refractivity contribution in [2.45, 2.75) is 39.3 Å². The minimum Gasteiger partial charge on any atom is -0.383 e. The van der Waals surface area contributed by atoms with Crippen molar-refractivity contribution in [1.29, 1.82) is 0 Å². The van der Waals surface area contributed by atoms with Gasteiger partial charge in [0.05, 0.1) is 13.2 Å². The molecule has 17 heavy (non-hydrogen) atoms. The molecule has 2 atom stereocenters. The molecule has 0 rings (SSSR count). The second-order valence-electron chi connectivity index (χ2n) is 4.58. The van der Waals surface area contributed by atoms with Crippen LogP contribution in [-0.4, -0.2) is 64.1 Å². The van der Waals surface area contributed by atoms with E-state index >= 15 is 0 Å². The smallest absolute Gasteiger partial charge is 0.0615 e. The summed E-state index contributed by atoms with van der Waals surface area (Å²) in [5.41, 5.74) is 0.